The highest BCUT2D eigenvalue weighted by atomic mass is 16.5. The molecule has 0 fully saturated rings. The zero-order valence-electron chi connectivity index (χ0n) is 13.4. The van der Waals surface area contributed by atoms with E-state index >= 15 is 0 Å². The molecule has 0 unspecified atom stereocenters. The number of hydrogen-bond acceptors (Lipinski definition) is 3. The number of benzene rings is 1. The zero-order chi connectivity index (χ0) is 16.2. The van der Waals surface area contributed by atoms with Gasteiger partial charge in [-0.15, -0.1) is 0 Å². The molecule has 1 aromatic carbocycles. The second kappa shape index (κ2) is 7.16. The molecule has 0 saturated carbocycles. The maximum Gasteiger partial charge on any atom is 0.303 e. The summed E-state index contributed by atoms with van der Waals surface area (Å²) >= 11 is 0. The molecule has 2 N–H and O–H groups in total. The summed E-state index contributed by atoms with van der Waals surface area (Å²) in [7, 11) is 1.60. The smallest absolute Gasteiger partial charge is 0.303 e. The van der Waals surface area contributed by atoms with Gasteiger partial charge in [-0.25, -0.2) is 0 Å². The highest BCUT2D eigenvalue weighted by molar-refractivity contribution is 5.67. The lowest BCUT2D eigenvalue weighted by atomic mass is 9.95. The highest BCUT2D eigenvalue weighted by Crippen LogP contribution is 2.38. The van der Waals surface area contributed by atoms with E-state index in [2.05, 4.69) is 0 Å². The van der Waals surface area contributed by atoms with Crippen LogP contribution in [0.4, 0.5) is 0 Å². The molecule has 1 rings (SSSR count). The number of rotatable bonds is 6. The largest absolute Gasteiger partial charge is 0.507 e. The van der Waals surface area contributed by atoms with Gasteiger partial charge < -0.3 is 14.9 Å². The Bertz CT molecular complexity index is 571. The van der Waals surface area contributed by atoms with Crippen LogP contribution in [-0.4, -0.2) is 23.3 Å². The van der Waals surface area contributed by atoms with E-state index in [0.717, 1.165) is 27.8 Å². The summed E-state index contributed by atoms with van der Waals surface area (Å²) in [4.78, 5) is 10.6. The van der Waals surface area contributed by atoms with Gasteiger partial charge in [-0.05, 0) is 57.2 Å². The number of carbonyl (C=O) groups is 1. The van der Waals surface area contributed by atoms with Gasteiger partial charge in [-0.2, -0.15) is 0 Å². The van der Waals surface area contributed by atoms with Crippen LogP contribution < -0.4 is 4.74 Å². The maximum absolute atomic E-state index is 10.6. The SMILES string of the molecule is COc1c(C)c(C)c(C)c(O)c1C/C=C(\C)CCC(=O)O. The third kappa shape index (κ3) is 4.00. The van der Waals surface area contributed by atoms with Crippen molar-refractivity contribution in [1.29, 1.82) is 0 Å². The van der Waals surface area contributed by atoms with Crippen LogP contribution in [-0.2, 0) is 11.2 Å². The van der Waals surface area contributed by atoms with Crippen molar-refractivity contribution in [3.63, 3.8) is 0 Å². The van der Waals surface area contributed by atoms with Crippen molar-refractivity contribution < 1.29 is 19.7 Å². The minimum Gasteiger partial charge on any atom is -0.507 e. The molecule has 0 amide bonds. The van der Waals surface area contributed by atoms with E-state index in [-0.39, 0.29) is 12.2 Å². The molecule has 0 spiro atoms. The predicted molar refractivity (Wildman–Crippen MR) is 83.2 cm³/mol. The second-order valence-corrected chi connectivity index (χ2v) is 5.38. The molecule has 21 heavy (non-hydrogen) atoms. The van der Waals surface area contributed by atoms with E-state index in [4.69, 9.17) is 9.84 Å². The van der Waals surface area contributed by atoms with Gasteiger partial charge in [0, 0.05) is 12.0 Å². The fraction of sp³-hybridized carbons (Fsp3) is 0.471. The van der Waals surface area contributed by atoms with Crippen LogP contribution >= 0.6 is 0 Å². The molecule has 0 aliphatic carbocycles. The number of carboxylic acids is 1. The van der Waals surface area contributed by atoms with Gasteiger partial charge in [0.1, 0.15) is 11.5 Å². The number of aromatic hydroxyl groups is 1. The normalized spacial score (nSPS) is 11.6. The summed E-state index contributed by atoms with van der Waals surface area (Å²) in [6.45, 7) is 7.73. The van der Waals surface area contributed by atoms with Crippen LogP contribution in [0.3, 0.4) is 0 Å². The number of aliphatic carboxylic acids is 1. The van der Waals surface area contributed by atoms with Crippen molar-refractivity contribution in [2.75, 3.05) is 7.11 Å². The molecule has 0 aliphatic heterocycles. The minimum absolute atomic E-state index is 0.122. The van der Waals surface area contributed by atoms with Crippen LogP contribution in [0.2, 0.25) is 0 Å². The molecule has 4 heteroatoms. The Kier molecular flexibility index (Phi) is 5.82. The van der Waals surface area contributed by atoms with E-state index in [1.165, 1.54) is 0 Å². The van der Waals surface area contributed by atoms with Gasteiger partial charge in [0.15, 0.2) is 0 Å². The summed E-state index contributed by atoms with van der Waals surface area (Å²) < 4.78 is 5.44. The zero-order valence-corrected chi connectivity index (χ0v) is 13.4. The van der Waals surface area contributed by atoms with E-state index in [9.17, 15) is 9.90 Å². The Morgan fingerprint density at radius 1 is 1.14 bits per heavy atom. The Labute approximate surface area is 126 Å². The number of hydrogen-bond donors (Lipinski definition) is 2. The number of phenols is 1. The number of allylic oxidation sites excluding steroid dienone is 2. The first-order chi connectivity index (χ1) is 9.79. The molecule has 4 nitrogen and oxygen atoms in total. The van der Waals surface area contributed by atoms with Crippen LogP contribution in [0.1, 0.15) is 42.0 Å². The monoisotopic (exact) mass is 292 g/mol. The molecular formula is C17H24O4. The van der Waals surface area contributed by atoms with Gasteiger partial charge in [0.25, 0.3) is 0 Å². The first-order valence-corrected chi connectivity index (χ1v) is 7.02. The van der Waals surface area contributed by atoms with Crippen LogP contribution in [0.5, 0.6) is 11.5 Å². The number of carboxylic acid groups (broad SMARTS) is 1. The fourth-order valence-corrected chi connectivity index (χ4v) is 2.34. The van der Waals surface area contributed by atoms with Gasteiger partial charge in [-0.3, -0.25) is 4.79 Å². The Balaban J connectivity index is 3.08. The molecule has 0 heterocycles. The topological polar surface area (TPSA) is 66.8 Å². The van der Waals surface area contributed by atoms with E-state index in [1.54, 1.807) is 7.11 Å². The van der Waals surface area contributed by atoms with E-state index < -0.39 is 5.97 Å². The standard InChI is InChI=1S/C17H24O4/c1-10(7-9-15(18)19)6-8-14-16(20)12(3)11(2)13(4)17(14)21-5/h6,20H,7-9H2,1-5H3,(H,18,19)/b10-6+. The van der Waals surface area contributed by atoms with Crippen molar-refractivity contribution in [3.8, 4) is 11.5 Å². The third-order valence-corrected chi connectivity index (χ3v) is 3.97. The van der Waals surface area contributed by atoms with Crippen molar-refractivity contribution in [3.05, 3.63) is 33.9 Å². The summed E-state index contributed by atoms with van der Waals surface area (Å²) in [5, 5.41) is 19.0. The lowest BCUT2D eigenvalue weighted by Gasteiger charge is -2.17. The quantitative estimate of drug-likeness (QED) is 0.785. The molecule has 0 saturated heterocycles. The lowest BCUT2D eigenvalue weighted by Crippen LogP contribution is -2.00. The van der Waals surface area contributed by atoms with Crippen LogP contribution in [0.25, 0.3) is 0 Å². The summed E-state index contributed by atoms with van der Waals surface area (Å²) in [6.07, 6.45) is 3.12. The van der Waals surface area contributed by atoms with E-state index in [0.29, 0.717) is 18.6 Å². The average Bonchev–Trinajstić information content (AvgIpc) is 2.45. The highest BCUT2D eigenvalue weighted by Gasteiger charge is 2.17. The summed E-state index contributed by atoms with van der Waals surface area (Å²) in [5.41, 5.74) is 4.67. The van der Waals surface area contributed by atoms with Crippen molar-refractivity contribution in [2.45, 2.75) is 47.0 Å². The van der Waals surface area contributed by atoms with Gasteiger partial charge >= 0.3 is 5.97 Å². The molecular weight excluding hydrogens is 268 g/mol. The minimum atomic E-state index is -0.801. The second-order valence-electron chi connectivity index (χ2n) is 5.38. The Morgan fingerprint density at radius 2 is 1.76 bits per heavy atom. The van der Waals surface area contributed by atoms with Crippen molar-refractivity contribution in [2.24, 2.45) is 0 Å². The Hall–Kier alpha value is -1.97. The molecule has 0 atom stereocenters. The lowest BCUT2D eigenvalue weighted by molar-refractivity contribution is -0.136. The first kappa shape index (κ1) is 17.1. The number of methoxy groups -OCH3 is 1. The van der Waals surface area contributed by atoms with Crippen molar-refractivity contribution in [1.82, 2.24) is 0 Å². The summed E-state index contributed by atoms with van der Waals surface area (Å²) in [6, 6.07) is 0. The average molecular weight is 292 g/mol. The molecule has 116 valence electrons. The maximum atomic E-state index is 10.6. The molecule has 0 bridgehead atoms. The fourth-order valence-electron chi connectivity index (χ4n) is 2.34. The van der Waals surface area contributed by atoms with Gasteiger partial charge in [0.2, 0.25) is 0 Å². The molecule has 1 aromatic rings. The van der Waals surface area contributed by atoms with Crippen LogP contribution in [0.15, 0.2) is 11.6 Å². The summed E-state index contributed by atoms with van der Waals surface area (Å²) in [5.74, 6) is 0.167. The molecule has 0 radical (unpaired) electrons. The van der Waals surface area contributed by atoms with E-state index in [1.807, 2.05) is 33.8 Å². The van der Waals surface area contributed by atoms with Gasteiger partial charge in [-0.1, -0.05) is 11.6 Å². The first-order valence-electron chi connectivity index (χ1n) is 7.02. The molecule has 0 aliphatic rings. The third-order valence-electron chi connectivity index (χ3n) is 3.97. The number of phenolic OH excluding ortho intramolecular Hbond substituents is 1. The van der Waals surface area contributed by atoms with Crippen molar-refractivity contribution >= 4 is 5.97 Å². The van der Waals surface area contributed by atoms with Crippen LogP contribution in [0, 0.1) is 20.8 Å². The predicted octanol–water partition coefficient (Wildman–Crippen LogP) is 3.68. The Morgan fingerprint density at radius 3 is 2.29 bits per heavy atom. The number of ether oxygens (including phenoxy) is 1. The van der Waals surface area contributed by atoms with Gasteiger partial charge in [0.05, 0.1) is 7.11 Å². The molecule has 0 aromatic heterocycles.